The number of hydrogen-bond donors (Lipinski definition) is 0. The summed E-state index contributed by atoms with van der Waals surface area (Å²) in [5.41, 5.74) is 1.16. The van der Waals surface area contributed by atoms with Gasteiger partial charge in [-0.2, -0.15) is 0 Å². The molecule has 8 heavy (non-hydrogen) atoms. The summed E-state index contributed by atoms with van der Waals surface area (Å²) in [5, 5.41) is 0. The maximum Gasteiger partial charge on any atom is 0.0452 e. The molecule has 0 saturated carbocycles. The van der Waals surface area contributed by atoms with Gasteiger partial charge in [-0.05, 0) is 18.9 Å². The van der Waals surface area contributed by atoms with Gasteiger partial charge in [-0.25, -0.2) is 0 Å². The zero-order chi connectivity index (χ0) is 5.98. The van der Waals surface area contributed by atoms with Gasteiger partial charge in [-0.3, -0.25) is 4.99 Å². The van der Waals surface area contributed by atoms with E-state index >= 15 is 0 Å². The largest absolute Gasteiger partial charge is 0.289 e. The van der Waals surface area contributed by atoms with Gasteiger partial charge in [0.15, 0.2) is 0 Å². The first-order chi connectivity index (χ1) is 3.79. The first-order valence-corrected chi connectivity index (χ1v) is 2.98. The van der Waals surface area contributed by atoms with Crippen LogP contribution in [0.2, 0.25) is 0 Å². The van der Waals surface area contributed by atoms with Gasteiger partial charge in [-0.1, -0.05) is 13.0 Å². The average molecular weight is 109 g/mol. The molecule has 0 radical (unpaired) electrons. The van der Waals surface area contributed by atoms with E-state index in [1.54, 1.807) is 0 Å². The van der Waals surface area contributed by atoms with E-state index < -0.39 is 0 Å². The number of dihydropyridines is 1. The number of nitrogens with zero attached hydrogens (tertiary/aromatic N) is 1. The molecule has 0 unspecified atom stereocenters. The molecular formula is C7H11N. The Bertz CT molecular complexity index is 133. The SMILES string of the molecule is CC1=NC[C@@H](C)C=C1. The summed E-state index contributed by atoms with van der Waals surface area (Å²) < 4.78 is 0. The highest BCUT2D eigenvalue weighted by Crippen LogP contribution is 2.03. The normalized spacial score (nSPS) is 27.8. The number of hydrogen-bond acceptors (Lipinski definition) is 1. The lowest BCUT2D eigenvalue weighted by molar-refractivity contribution is 0.733. The van der Waals surface area contributed by atoms with E-state index in [9.17, 15) is 0 Å². The Morgan fingerprint density at radius 3 is 2.88 bits per heavy atom. The molecule has 0 saturated heterocycles. The zero-order valence-corrected chi connectivity index (χ0v) is 5.39. The van der Waals surface area contributed by atoms with Crippen molar-refractivity contribution in [2.75, 3.05) is 6.54 Å². The molecule has 0 spiro atoms. The summed E-state index contributed by atoms with van der Waals surface area (Å²) in [7, 11) is 0. The summed E-state index contributed by atoms with van der Waals surface area (Å²) in [4.78, 5) is 4.24. The quantitative estimate of drug-likeness (QED) is 0.448. The molecule has 0 N–H and O–H groups in total. The summed E-state index contributed by atoms with van der Waals surface area (Å²) in [6.45, 7) is 5.18. The standard InChI is InChI=1S/C7H11N/c1-6-3-4-7(2)8-5-6/h3-4,6H,5H2,1-2H3/t6-/m0/s1. The van der Waals surface area contributed by atoms with Crippen molar-refractivity contribution in [2.24, 2.45) is 10.9 Å². The van der Waals surface area contributed by atoms with Crippen LogP contribution in [0.1, 0.15) is 13.8 Å². The average Bonchev–Trinajstić information content (AvgIpc) is 1.77. The van der Waals surface area contributed by atoms with Crippen molar-refractivity contribution in [2.45, 2.75) is 13.8 Å². The lowest BCUT2D eigenvalue weighted by atomic mass is 10.1. The molecule has 0 bridgehead atoms. The summed E-state index contributed by atoms with van der Waals surface area (Å²) in [6, 6.07) is 0. The Kier molecular flexibility index (Phi) is 1.47. The predicted octanol–water partition coefficient (Wildman–Crippen LogP) is 1.65. The molecule has 1 nitrogen and oxygen atoms in total. The van der Waals surface area contributed by atoms with Crippen LogP contribution >= 0.6 is 0 Å². The minimum atomic E-state index is 0.652. The smallest absolute Gasteiger partial charge is 0.0452 e. The van der Waals surface area contributed by atoms with Crippen LogP contribution in [-0.4, -0.2) is 12.3 Å². The van der Waals surface area contributed by atoms with Crippen LogP contribution in [0.4, 0.5) is 0 Å². The van der Waals surface area contributed by atoms with Gasteiger partial charge in [0.25, 0.3) is 0 Å². The molecule has 1 heterocycles. The lowest BCUT2D eigenvalue weighted by Gasteiger charge is -2.06. The first-order valence-electron chi connectivity index (χ1n) is 2.98. The molecule has 0 aromatic heterocycles. The van der Waals surface area contributed by atoms with Gasteiger partial charge < -0.3 is 0 Å². The van der Waals surface area contributed by atoms with Crippen molar-refractivity contribution in [3.63, 3.8) is 0 Å². The Hall–Kier alpha value is -0.590. The van der Waals surface area contributed by atoms with Gasteiger partial charge in [0, 0.05) is 12.3 Å². The third-order valence-electron chi connectivity index (χ3n) is 1.29. The highest BCUT2D eigenvalue weighted by atomic mass is 14.7. The molecule has 0 amide bonds. The second-order valence-corrected chi connectivity index (χ2v) is 2.32. The highest BCUT2D eigenvalue weighted by molar-refractivity contribution is 5.93. The van der Waals surface area contributed by atoms with Crippen LogP contribution in [0, 0.1) is 5.92 Å². The fourth-order valence-electron chi connectivity index (χ4n) is 0.705. The Balaban J connectivity index is 2.58. The van der Waals surface area contributed by atoms with E-state index in [0.717, 1.165) is 12.3 Å². The van der Waals surface area contributed by atoms with Gasteiger partial charge in [-0.15, -0.1) is 0 Å². The van der Waals surface area contributed by atoms with Crippen LogP contribution in [0.25, 0.3) is 0 Å². The Labute approximate surface area is 50.1 Å². The van der Waals surface area contributed by atoms with E-state index in [2.05, 4.69) is 24.1 Å². The number of rotatable bonds is 0. The second kappa shape index (κ2) is 2.12. The molecule has 44 valence electrons. The van der Waals surface area contributed by atoms with Gasteiger partial charge in [0.2, 0.25) is 0 Å². The van der Waals surface area contributed by atoms with E-state index in [1.165, 1.54) is 0 Å². The fourth-order valence-corrected chi connectivity index (χ4v) is 0.705. The van der Waals surface area contributed by atoms with Gasteiger partial charge >= 0.3 is 0 Å². The molecule has 1 aliphatic heterocycles. The summed E-state index contributed by atoms with van der Waals surface area (Å²) in [6.07, 6.45) is 4.27. The summed E-state index contributed by atoms with van der Waals surface area (Å²) >= 11 is 0. The first kappa shape index (κ1) is 5.54. The minimum Gasteiger partial charge on any atom is -0.289 e. The molecule has 1 aliphatic rings. The Morgan fingerprint density at radius 1 is 1.75 bits per heavy atom. The maximum atomic E-state index is 4.24. The molecule has 0 aliphatic carbocycles. The van der Waals surface area contributed by atoms with Crippen molar-refractivity contribution in [1.82, 2.24) is 0 Å². The van der Waals surface area contributed by atoms with Crippen LogP contribution in [0.5, 0.6) is 0 Å². The van der Waals surface area contributed by atoms with E-state index in [0.29, 0.717) is 5.92 Å². The lowest BCUT2D eigenvalue weighted by Crippen LogP contribution is -2.03. The zero-order valence-electron chi connectivity index (χ0n) is 5.39. The highest BCUT2D eigenvalue weighted by Gasteiger charge is 1.98. The number of allylic oxidation sites excluding steroid dienone is 1. The second-order valence-electron chi connectivity index (χ2n) is 2.32. The molecular weight excluding hydrogens is 98.1 g/mol. The summed E-state index contributed by atoms with van der Waals surface area (Å²) in [5.74, 6) is 0.652. The minimum absolute atomic E-state index is 0.652. The topological polar surface area (TPSA) is 12.4 Å². The molecule has 0 fully saturated rings. The monoisotopic (exact) mass is 109 g/mol. The van der Waals surface area contributed by atoms with Crippen molar-refractivity contribution >= 4 is 5.71 Å². The van der Waals surface area contributed by atoms with Gasteiger partial charge in [0.1, 0.15) is 0 Å². The van der Waals surface area contributed by atoms with E-state index in [4.69, 9.17) is 0 Å². The van der Waals surface area contributed by atoms with Crippen LogP contribution in [-0.2, 0) is 0 Å². The molecule has 0 aromatic carbocycles. The van der Waals surface area contributed by atoms with Crippen molar-refractivity contribution in [3.05, 3.63) is 12.2 Å². The third kappa shape index (κ3) is 1.19. The molecule has 1 atom stereocenters. The Morgan fingerprint density at radius 2 is 2.50 bits per heavy atom. The maximum absolute atomic E-state index is 4.24. The number of aliphatic imine (C=N–C) groups is 1. The van der Waals surface area contributed by atoms with Crippen LogP contribution in [0.3, 0.4) is 0 Å². The van der Waals surface area contributed by atoms with Crippen LogP contribution in [0.15, 0.2) is 17.1 Å². The fraction of sp³-hybridized carbons (Fsp3) is 0.571. The van der Waals surface area contributed by atoms with Crippen LogP contribution < -0.4 is 0 Å². The molecule has 0 aromatic rings. The van der Waals surface area contributed by atoms with E-state index in [-0.39, 0.29) is 0 Å². The van der Waals surface area contributed by atoms with Gasteiger partial charge in [0.05, 0.1) is 0 Å². The van der Waals surface area contributed by atoms with Crippen molar-refractivity contribution in [1.29, 1.82) is 0 Å². The predicted molar refractivity (Wildman–Crippen MR) is 36.3 cm³/mol. The van der Waals surface area contributed by atoms with Crippen molar-refractivity contribution < 1.29 is 0 Å². The van der Waals surface area contributed by atoms with Crippen molar-refractivity contribution in [3.8, 4) is 0 Å². The molecule has 1 heteroatoms. The third-order valence-corrected chi connectivity index (χ3v) is 1.29. The molecule has 1 rings (SSSR count). The van der Waals surface area contributed by atoms with E-state index in [1.807, 2.05) is 6.92 Å².